The second-order valence-electron chi connectivity index (χ2n) is 13.9. The molecule has 6 rings (SSSR count). The first-order valence-electron chi connectivity index (χ1n) is 17.4. The number of phenolic OH excluding ortho intramolecular Hbond substituents is 1. The van der Waals surface area contributed by atoms with Gasteiger partial charge in [-0.3, -0.25) is 4.79 Å². The van der Waals surface area contributed by atoms with Crippen LogP contribution in [0.25, 0.3) is 10.8 Å². The Hall–Kier alpha value is -5.09. The average Bonchev–Trinajstić information content (AvgIpc) is 3.58. The zero-order valence-corrected chi connectivity index (χ0v) is 30.4. The average molecular weight is 701 g/mol. The minimum Gasteiger partial charge on any atom is -0.508 e. The van der Waals surface area contributed by atoms with E-state index in [1.165, 1.54) is 16.4 Å². The lowest BCUT2D eigenvalue weighted by Crippen LogP contribution is -2.66. The van der Waals surface area contributed by atoms with E-state index >= 15 is 0 Å². The van der Waals surface area contributed by atoms with Crippen molar-refractivity contribution in [1.29, 1.82) is 0 Å². The Balaban J connectivity index is 1.17. The Kier molecular flexibility index (Phi) is 11.1. The lowest BCUT2D eigenvalue weighted by atomic mass is 10.0. The van der Waals surface area contributed by atoms with Gasteiger partial charge in [-0.15, -0.1) is 0 Å². The molecule has 0 saturated carbocycles. The third-order valence-electron chi connectivity index (χ3n) is 9.40. The molecule has 262 valence electrons. The molecule has 1 aromatic heterocycles. The second-order valence-corrected chi connectivity index (χ2v) is 18.2. The van der Waals surface area contributed by atoms with E-state index in [1.54, 1.807) is 36.8 Å². The van der Waals surface area contributed by atoms with Crippen LogP contribution >= 0.6 is 0 Å². The molecule has 0 aliphatic carbocycles. The molecule has 1 unspecified atom stereocenters. The van der Waals surface area contributed by atoms with Crippen molar-refractivity contribution in [2.45, 2.75) is 51.2 Å². The summed E-state index contributed by atoms with van der Waals surface area (Å²) in [6, 6.07) is 38.4. The minimum atomic E-state index is -2.70. The summed E-state index contributed by atoms with van der Waals surface area (Å²) in [6.07, 6.45) is 4.99. The first kappa shape index (κ1) is 35.7. The number of carbonyl (C=O) groups is 1. The fourth-order valence-electron chi connectivity index (χ4n) is 7.06. The van der Waals surface area contributed by atoms with Crippen LogP contribution in [-0.4, -0.2) is 42.0 Å². The quantitative estimate of drug-likeness (QED) is 0.0807. The summed E-state index contributed by atoms with van der Waals surface area (Å²) in [5.41, 5.74) is 2.35. The number of benzene rings is 5. The summed E-state index contributed by atoms with van der Waals surface area (Å²) >= 11 is 0. The number of hydrogen-bond acceptors (Lipinski definition) is 5. The normalized spacial score (nSPS) is 12.5. The SMILES string of the molecule is CC(C)(C)[Si](OCCCC(c1cccc(F)c1)n1cncc1CNCC(=O)Nc1cccc2ccc(O)cc12)(c1ccccc1)c1ccccc1. The molecule has 5 aromatic carbocycles. The summed E-state index contributed by atoms with van der Waals surface area (Å²) in [5, 5.41) is 20.2. The fraction of sp³-hybridized carbons (Fsp3) is 0.238. The van der Waals surface area contributed by atoms with Gasteiger partial charge in [0.2, 0.25) is 5.91 Å². The molecule has 1 atom stereocenters. The van der Waals surface area contributed by atoms with Crippen molar-refractivity contribution < 1.29 is 18.7 Å². The van der Waals surface area contributed by atoms with Gasteiger partial charge in [0.05, 0.1) is 24.6 Å². The van der Waals surface area contributed by atoms with E-state index in [-0.39, 0.29) is 35.1 Å². The Bertz CT molecular complexity index is 2020. The van der Waals surface area contributed by atoms with E-state index in [9.17, 15) is 14.3 Å². The van der Waals surface area contributed by atoms with Crippen molar-refractivity contribution in [3.05, 3.63) is 151 Å². The lowest BCUT2D eigenvalue weighted by Gasteiger charge is -2.43. The van der Waals surface area contributed by atoms with Crippen LogP contribution in [0, 0.1) is 5.82 Å². The van der Waals surface area contributed by atoms with Crippen LogP contribution in [0.2, 0.25) is 5.04 Å². The molecule has 0 aliphatic rings. The third-order valence-corrected chi connectivity index (χ3v) is 14.4. The standard InChI is InChI=1S/C42H45FN4O3Si/c1-42(2,3)51(36-16-6-4-7-17-36,37-18-8-5-9-19-37)50-24-12-21-40(32-14-10-15-33(43)25-32)47-30-45-28-34(47)27-44-29-41(49)46-39-20-11-13-31-22-23-35(48)26-38(31)39/h4-11,13-20,22-23,25-26,28,30,40,44,48H,12,21,24,27,29H2,1-3H3,(H,46,49). The van der Waals surface area contributed by atoms with E-state index in [0.717, 1.165) is 28.5 Å². The van der Waals surface area contributed by atoms with Crippen LogP contribution in [0.5, 0.6) is 5.75 Å². The number of hydrogen-bond donors (Lipinski definition) is 3. The molecule has 0 bridgehead atoms. The van der Waals surface area contributed by atoms with E-state index < -0.39 is 8.32 Å². The van der Waals surface area contributed by atoms with E-state index in [1.807, 2.05) is 42.5 Å². The van der Waals surface area contributed by atoms with E-state index in [4.69, 9.17) is 4.43 Å². The Labute approximate surface area is 300 Å². The maximum Gasteiger partial charge on any atom is 0.261 e. The van der Waals surface area contributed by atoms with Crippen LogP contribution in [-0.2, 0) is 15.8 Å². The van der Waals surface area contributed by atoms with E-state index in [0.29, 0.717) is 25.3 Å². The summed E-state index contributed by atoms with van der Waals surface area (Å²) in [6.45, 7) is 7.80. The van der Waals surface area contributed by atoms with Crippen LogP contribution in [0.1, 0.15) is 50.9 Å². The third kappa shape index (κ3) is 8.12. The largest absolute Gasteiger partial charge is 0.508 e. The predicted molar refractivity (Wildman–Crippen MR) is 206 cm³/mol. The molecule has 0 fully saturated rings. The van der Waals surface area contributed by atoms with Crippen molar-refractivity contribution in [3.63, 3.8) is 0 Å². The molecule has 51 heavy (non-hydrogen) atoms. The number of imidazole rings is 1. The highest BCUT2D eigenvalue weighted by atomic mass is 28.4. The molecule has 0 radical (unpaired) electrons. The number of nitrogens with one attached hydrogen (secondary N) is 2. The number of aromatic hydroxyl groups is 1. The molecule has 6 aromatic rings. The van der Waals surface area contributed by atoms with Crippen molar-refractivity contribution in [2.24, 2.45) is 0 Å². The molecule has 9 heteroatoms. The van der Waals surface area contributed by atoms with Crippen LogP contribution in [0.3, 0.4) is 0 Å². The summed E-state index contributed by atoms with van der Waals surface area (Å²) in [4.78, 5) is 17.4. The Morgan fingerprint density at radius 2 is 1.61 bits per heavy atom. The van der Waals surface area contributed by atoms with Crippen LogP contribution in [0.15, 0.2) is 134 Å². The monoisotopic (exact) mass is 700 g/mol. The number of anilines is 1. The number of fused-ring (bicyclic) bond motifs is 1. The number of amides is 1. The number of carbonyl (C=O) groups excluding carboxylic acids is 1. The molecule has 3 N–H and O–H groups in total. The number of halogens is 1. The summed E-state index contributed by atoms with van der Waals surface area (Å²) in [7, 11) is -2.70. The maximum atomic E-state index is 14.6. The molecule has 0 saturated heterocycles. The highest BCUT2D eigenvalue weighted by Gasteiger charge is 2.50. The Morgan fingerprint density at radius 1 is 0.902 bits per heavy atom. The number of nitrogens with zero attached hydrogens (tertiary/aromatic N) is 2. The second kappa shape index (κ2) is 15.8. The topological polar surface area (TPSA) is 88.4 Å². The van der Waals surface area contributed by atoms with Crippen molar-refractivity contribution >= 4 is 41.1 Å². The summed E-state index contributed by atoms with van der Waals surface area (Å²) < 4.78 is 23.8. The van der Waals surface area contributed by atoms with E-state index in [2.05, 4.69) is 89.5 Å². The smallest absolute Gasteiger partial charge is 0.261 e. The molecule has 0 aliphatic heterocycles. The van der Waals surface area contributed by atoms with Gasteiger partial charge in [0.1, 0.15) is 11.6 Å². The molecular formula is C42H45FN4O3Si. The molecule has 1 heterocycles. The maximum absolute atomic E-state index is 14.6. The van der Waals surface area contributed by atoms with Crippen molar-refractivity contribution in [3.8, 4) is 5.75 Å². The van der Waals surface area contributed by atoms with Gasteiger partial charge in [-0.1, -0.05) is 112 Å². The zero-order chi connectivity index (χ0) is 35.8. The molecule has 1 amide bonds. The predicted octanol–water partition coefficient (Wildman–Crippen LogP) is 7.56. The molecular weight excluding hydrogens is 656 g/mol. The van der Waals surface area contributed by atoms with Gasteiger partial charge in [-0.25, -0.2) is 9.37 Å². The first-order chi connectivity index (χ1) is 24.7. The zero-order valence-electron chi connectivity index (χ0n) is 29.4. The number of phenols is 1. The van der Waals surface area contributed by atoms with Crippen molar-refractivity contribution in [2.75, 3.05) is 18.5 Å². The molecule has 7 nitrogen and oxygen atoms in total. The lowest BCUT2D eigenvalue weighted by molar-refractivity contribution is -0.115. The number of aromatic nitrogens is 2. The van der Waals surface area contributed by atoms with Gasteiger partial charge < -0.3 is 24.7 Å². The Morgan fingerprint density at radius 3 is 2.29 bits per heavy atom. The summed E-state index contributed by atoms with van der Waals surface area (Å²) in [5.74, 6) is -0.365. The minimum absolute atomic E-state index is 0.0668. The van der Waals surface area contributed by atoms with Crippen LogP contribution in [0.4, 0.5) is 10.1 Å². The van der Waals surface area contributed by atoms with Gasteiger partial charge in [-0.05, 0) is 69.5 Å². The van der Waals surface area contributed by atoms with Gasteiger partial charge in [0.15, 0.2) is 0 Å². The number of rotatable bonds is 14. The first-order valence-corrected chi connectivity index (χ1v) is 19.3. The van der Waals surface area contributed by atoms with Crippen LogP contribution < -0.4 is 21.0 Å². The van der Waals surface area contributed by atoms with Gasteiger partial charge >= 0.3 is 0 Å². The van der Waals surface area contributed by atoms with Gasteiger partial charge in [0.25, 0.3) is 8.32 Å². The van der Waals surface area contributed by atoms with Crippen molar-refractivity contribution in [1.82, 2.24) is 14.9 Å². The molecule has 0 spiro atoms. The van der Waals surface area contributed by atoms with Gasteiger partial charge in [-0.2, -0.15) is 0 Å². The highest BCUT2D eigenvalue weighted by Crippen LogP contribution is 2.37. The van der Waals surface area contributed by atoms with Gasteiger partial charge in [0, 0.05) is 30.4 Å². The highest BCUT2D eigenvalue weighted by molar-refractivity contribution is 6.99. The fourth-order valence-corrected chi connectivity index (χ4v) is 11.7.